The molecule has 0 aliphatic rings. The van der Waals surface area contributed by atoms with E-state index >= 15 is 0 Å². The van der Waals surface area contributed by atoms with Crippen LogP contribution in [-0.2, 0) is 7.05 Å². The maximum absolute atomic E-state index is 6.22. The van der Waals surface area contributed by atoms with Crippen molar-refractivity contribution in [1.82, 2.24) is 34.6 Å². The summed E-state index contributed by atoms with van der Waals surface area (Å²) in [5.74, 6) is 1.07. The van der Waals surface area contributed by atoms with Crippen molar-refractivity contribution < 1.29 is 4.74 Å². The number of benzene rings is 1. The van der Waals surface area contributed by atoms with Gasteiger partial charge in [0.05, 0.1) is 13.3 Å². The van der Waals surface area contributed by atoms with Crippen LogP contribution < -0.4 is 4.74 Å². The number of methoxy groups -OCH3 is 1. The van der Waals surface area contributed by atoms with E-state index in [4.69, 9.17) is 16.3 Å². The maximum atomic E-state index is 6.22. The van der Waals surface area contributed by atoms with Gasteiger partial charge in [-0.3, -0.25) is 4.68 Å². The Kier molecular flexibility index (Phi) is 2.73. The van der Waals surface area contributed by atoms with Crippen LogP contribution in [0.2, 0.25) is 5.28 Å². The van der Waals surface area contributed by atoms with Gasteiger partial charge in [0, 0.05) is 12.4 Å². The zero-order chi connectivity index (χ0) is 15.3. The van der Waals surface area contributed by atoms with E-state index in [1.807, 2.05) is 18.2 Å². The highest BCUT2D eigenvalue weighted by Crippen LogP contribution is 2.29. The molecule has 22 heavy (non-hydrogen) atoms. The Bertz CT molecular complexity index is 1010. The Hall–Kier alpha value is -2.74. The lowest BCUT2D eigenvalue weighted by atomic mass is 10.2. The summed E-state index contributed by atoms with van der Waals surface area (Å²) in [6.45, 7) is 0. The van der Waals surface area contributed by atoms with Gasteiger partial charge in [-0.1, -0.05) is 11.3 Å². The average Bonchev–Trinajstić information content (AvgIpc) is 3.13. The van der Waals surface area contributed by atoms with E-state index in [1.165, 1.54) is 4.52 Å². The second-order valence-electron chi connectivity index (χ2n) is 4.69. The first kappa shape index (κ1) is 13.0. The molecule has 110 valence electrons. The zero-order valence-electron chi connectivity index (χ0n) is 11.7. The fourth-order valence-electron chi connectivity index (χ4n) is 2.30. The second kappa shape index (κ2) is 4.63. The molecule has 0 amide bonds. The molecule has 3 heterocycles. The number of para-hydroxylation sites is 1. The fourth-order valence-corrected chi connectivity index (χ4v) is 2.50. The number of fused-ring (bicyclic) bond motifs is 3. The summed E-state index contributed by atoms with van der Waals surface area (Å²) in [6.07, 6.45) is 1.74. The lowest BCUT2D eigenvalue weighted by Crippen LogP contribution is -1.96. The van der Waals surface area contributed by atoms with Crippen LogP contribution in [0.3, 0.4) is 0 Å². The van der Waals surface area contributed by atoms with Crippen LogP contribution in [0.15, 0.2) is 24.4 Å². The van der Waals surface area contributed by atoms with E-state index < -0.39 is 0 Å². The standard InChI is InChI=1S/C13H10ClN7O/c1-20-6-8(17-19-20)11-16-12-7-4-3-5-9(22-2)10(7)15-13(14)21(12)18-11/h3-6H,1-2H3. The Morgan fingerprint density at radius 3 is 2.82 bits per heavy atom. The molecular formula is C13H10ClN7O. The number of nitrogens with zero attached hydrogens (tertiary/aromatic N) is 7. The number of rotatable bonds is 2. The third kappa shape index (κ3) is 1.81. The van der Waals surface area contributed by atoms with E-state index in [0.717, 1.165) is 5.39 Å². The van der Waals surface area contributed by atoms with Crippen molar-refractivity contribution >= 4 is 28.2 Å². The van der Waals surface area contributed by atoms with Gasteiger partial charge in [0.15, 0.2) is 11.3 Å². The lowest BCUT2D eigenvalue weighted by molar-refractivity contribution is 0.419. The Morgan fingerprint density at radius 2 is 2.09 bits per heavy atom. The first-order valence-electron chi connectivity index (χ1n) is 6.43. The van der Waals surface area contributed by atoms with E-state index in [2.05, 4.69) is 25.4 Å². The Morgan fingerprint density at radius 1 is 1.23 bits per heavy atom. The van der Waals surface area contributed by atoms with Crippen LogP contribution in [0, 0.1) is 0 Å². The molecule has 4 rings (SSSR count). The van der Waals surface area contributed by atoms with Crippen molar-refractivity contribution in [3.05, 3.63) is 29.7 Å². The molecule has 0 spiro atoms. The second-order valence-corrected chi connectivity index (χ2v) is 5.02. The smallest absolute Gasteiger partial charge is 0.226 e. The highest BCUT2D eigenvalue weighted by Gasteiger charge is 2.16. The normalized spacial score (nSPS) is 11.4. The summed E-state index contributed by atoms with van der Waals surface area (Å²) in [6, 6.07) is 5.58. The van der Waals surface area contributed by atoms with Crippen LogP contribution in [0.4, 0.5) is 0 Å². The lowest BCUT2D eigenvalue weighted by Gasteiger charge is -2.05. The van der Waals surface area contributed by atoms with E-state index in [-0.39, 0.29) is 5.28 Å². The van der Waals surface area contributed by atoms with Crippen LogP contribution in [-0.4, -0.2) is 41.7 Å². The molecule has 9 heteroatoms. The van der Waals surface area contributed by atoms with Crippen LogP contribution >= 0.6 is 11.6 Å². The number of aromatic nitrogens is 7. The largest absolute Gasteiger partial charge is 0.494 e. The Balaban J connectivity index is 2.06. The van der Waals surface area contributed by atoms with E-state index in [9.17, 15) is 0 Å². The Labute approximate surface area is 129 Å². The monoisotopic (exact) mass is 315 g/mol. The van der Waals surface area contributed by atoms with Gasteiger partial charge in [0.25, 0.3) is 0 Å². The van der Waals surface area contributed by atoms with E-state index in [1.54, 1.807) is 25.0 Å². The average molecular weight is 316 g/mol. The van der Waals surface area contributed by atoms with Crippen molar-refractivity contribution in [3.8, 4) is 17.3 Å². The molecule has 0 aliphatic heterocycles. The van der Waals surface area contributed by atoms with Crippen molar-refractivity contribution in [1.29, 1.82) is 0 Å². The summed E-state index contributed by atoms with van der Waals surface area (Å²) < 4.78 is 8.39. The highest BCUT2D eigenvalue weighted by molar-refractivity contribution is 6.29. The zero-order valence-corrected chi connectivity index (χ0v) is 12.5. The van der Waals surface area contributed by atoms with Gasteiger partial charge in [-0.15, -0.1) is 10.2 Å². The first-order valence-corrected chi connectivity index (χ1v) is 6.81. The van der Waals surface area contributed by atoms with Gasteiger partial charge in [0.2, 0.25) is 11.1 Å². The summed E-state index contributed by atoms with van der Waals surface area (Å²) in [5, 5.41) is 13.3. The minimum Gasteiger partial charge on any atom is -0.494 e. The molecule has 0 atom stereocenters. The number of ether oxygens (including phenoxy) is 1. The summed E-state index contributed by atoms with van der Waals surface area (Å²) in [4.78, 5) is 8.86. The molecule has 0 N–H and O–H groups in total. The minimum atomic E-state index is 0.203. The minimum absolute atomic E-state index is 0.203. The molecular weight excluding hydrogens is 306 g/mol. The number of halogens is 1. The molecule has 0 unspecified atom stereocenters. The van der Waals surface area contributed by atoms with Crippen LogP contribution in [0.1, 0.15) is 0 Å². The van der Waals surface area contributed by atoms with Crippen molar-refractivity contribution in [3.63, 3.8) is 0 Å². The first-order chi connectivity index (χ1) is 10.7. The van der Waals surface area contributed by atoms with Gasteiger partial charge in [0.1, 0.15) is 11.3 Å². The third-order valence-corrected chi connectivity index (χ3v) is 3.52. The predicted octanol–water partition coefficient (Wildman–Crippen LogP) is 1.73. The fraction of sp³-hybridized carbons (Fsp3) is 0.154. The molecule has 0 saturated heterocycles. The number of hydrogen-bond donors (Lipinski definition) is 0. The molecule has 4 aromatic rings. The third-order valence-electron chi connectivity index (χ3n) is 3.28. The van der Waals surface area contributed by atoms with Gasteiger partial charge in [-0.05, 0) is 23.7 Å². The van der Waals surface area contributed by atoms with E-state index in [0.29, 0.717) is 28.4 Å². The molecule has 0 aliphatic carbocycles. The van der Waals surface area contributed by atoms with Gasteiger partial charge in [-0.25, -0.2) is 9.97 Å². The van der Waals surface area contributed by atoms with Crippen molar-refractivity contribution in [2.75, 3.05) is 7.11 Å². The summed E-state index contributed by atoms with van der Waals surface area (Å²) in [5.41, 5.74) is 1.80. The quantitative estimate of drug-likeness (QED) is 0.524. The van der Waals surface area contributed by atoms with Gasteiger partial charge < -0.3 is 4.74 Å². The molecule has 8 nitrogen and oxygen atoms in total. The summed E-state index contributed by atoms with van der Waals surface area (Å²) in [7, 11) is 3.37. The number of aryl methyl sites for hydroxylation is 1. The molecule has 0 radical (unpaired) electrons. The van der Waals surface area contributed by atoms with Gasteiger partial charge >= 0.3 is 0 Å². The molecule has 1 aromatic carbocycles. The predicted molar refractivity (Wildman–Crippen MR) is 79.8 cm³/mol. The van der Waals surface area contributed by atoms with Crippen molar-refractivity contribution in [2.45, 2.75) is 0 Å². The maximum Gasteiger partial charge on any atom is 0.226 e. The summed E-state index contributed by atoms with van der Waals surface area (Å²) >= 11 is 6.22. The molecule has 0 fully saturated rings. The highest BCUT2D eigenvalue weighted by atomic mass is 35.5. The molecule has 0 saturated carbocycles. The SMILES string of the molecule is COc1cccc2c1nc(Cl)n1nc(-c3cn(C)nn3)nc21. The van der Waals surface area contributed by atoms with Crippen molar-refractivity contribution in [2.24, 2.45) is 7.05 Å². The molecule has 3 aromatic heterocycles. The van der Waals surface area contributed by atoms with Crippen LogP contribution in [0.5, 0.6) is 5.75 Å². The van der Waals surface area contributed by atoms with Crippen LogP contribution in [0.25, 0.3) is 28.1 Å². The molecule has 0 bridgehead atoms. The van der Waals surface area contributed by atoms with Gasteiger partial charge in [-0.2, -0.15) is 4.52 Å². The topological polar surface area (TPSA) is 83.0 Å². The number of hydrogen-bond acceptors (Lipinski definition) is 6.